The van der Waals surface area contributed by atoms with Crippen molar-refractivity contribution in [1.29, 1.82) is 0 Å². The van der Waals surface area contributed by atoms with Crippen LogP contribution in [0.3, 0.4) is 0 Å². The third-order valence-corrected chi connectivity index (χ3v) is 6.64. The molecule has 0 atom stereocenters. The van der Waals surface area contributed by atoms with Crippen LogP contribution in [-0.4, -0.2) is 25.3 Å². The zero-order valence-electron chi connectivity index (χ0n) is 20.0. The van der Waals surface area contributed by atoms with E-state index in [1.807, 2.05) is 32.0 Å². The van der Waals surface area contributed by atoms with Crippen molar-refractivity contribution in [3.05, 3.63) is 85.1 Å². The summed E-state index contributed by atoms with van der Waals surface area (Å²) in [6.45, 7) is 5.10. The molecule has 3 aromatic carbocycles. The molecule has 192 valence electrons. The van der Waals surface area contributed by atoms with E-state index < -0.39 is 5.91 Å². The molecule has 0 fully saturated rings. The highest BCUT2D eigenvalue weighted by Crippen LogP contribution is 2.35. The first kappa shape index (κ1) is 27.1. The highest BCUT2D eigenvalue weighted by molar-refractivity contribution is 14.1. The van der Waals surface area contributed by atoms with Gasteiger partial charge in [-0.2, -0.15) is 5.10 Å². The maximum atomic E-state index is 12.6. The van der Waals surface area contributed by atoms with Crippen LogP contribution in [0.15, 0.2) is 64.1 Å². The van der Waals surface area contributed by atoms with Crippen LogP contribution in [-0.2, 0) is 6.61 Å². The van der Waals surface area contributed by atoms with Gasteiger partial charge in [0.2, 0.25) is 0 Å². The molecule has 1 heterocycles. The number of carbonyl (C=O) groups excluding carboxylic acids is 1. The van der Waals surface area contributed by atoms with E-state index in [4.69, 9.17) is 41.8 Å². The number of carbonyl (C=O) groups is 1. The molecule has 7 nitrogen and oxygen atoms in total. The number of fused-ring (bicyclic) bond motifs is 1. The van der Waals surface area contributed by atoms with Gasteiger partial charge in [-0.3, -0.25) is 4.79 Å². The van der Waals surface area contributed by atoms with Gasteiger partial charge in [-0.15, -0.1) is 0 Å². The van der Waals surface area contributed by atoms with E-state index >= 15 is 0 Å². The molecule has 0 saturated heterocycles. The Labute approximate surface area is 237 Å². The van der Waals surface area contributed by atoms with E-state index in [1.54, 1.807) is 36.4 Å². The molecule has 1 N–H and O–H groups in total. The molecule has 0 radical (unpaired) electrons. The normalized spacial score (nSPS) is 11.2. The molecule has 0 aliphatic carbocycles. The minimum Gasteiger partial charge on any atom is -0.494 e. The summed E-state index contributed by atoms with van der Waals surface area (Å²) >= 11 is 14.3. The number of hydrazone groups is 1. The lowest BCUT2D eigenvalue weighted by Gasteiger charge is -2.15. The smallest absolute Gasteiger partial charge is 0.307 e. The SMILES string of the molecule is CCOc1ccc2oc(C(=O)N/N=C/c3cc(I)c(OCc4ccc(Cl)c(Cl)c4)c(OCC)c3)cc2c1. The quantitative estimate of drug-likeness (QED) is 0.109. The predicted molar refractivity (Wildman–Crippen MR) is 154 cm³/mol. The van der Waals surface area contributed by atoms with Gasteiger partial charge in [-0.05, 0) is 96.1 Å². The van der Waals surface area contributed by atoms with Crippen molar-refractivity contribution in [2.45, 2.75) is 20.5 Å². The Kier molecular flexibility index (Phi) is 9.18. The first-order valence-corrected chi connectivity index (χ1v) is 13.2. The lowest BCUT2D eigenvalue weighted by atomic mass is 10.2. The Morgan fingerprint density at radius 2 is 1.81 bits per heavy atom. The summed E-state index contributed by atoms with van der Waals surface area (Å²) < 4.78 is 23.8. The first-order valence-electron chi connectivity index (χ1n) is 11.4. The summed E-state index contributed by atoms with van der Waals surface area (Å²) in [6.07, 6.45) is 1.53. The topological polar surface area (TPSA) is 82.3 Å². The molecule has 0 unspecified atom stereocenters. The second-order valence-corrected chi connectivity index (χ2v) is 9.72. The van der Waals surface area contributed by atoms with Gasteiger partial charge in [0, 0.05) is 5.39 Å². The van der Waals surface area contributed by atoms with Gasteiger partial charge < -0.3 is 18.6 Å². The summed E-state index contributed by atoms with van der Waals surface area (Å²) in [4.78, 5) is 12.6. The van der Waals surface area contributed by atoms with Crippen molar-refractivity contribution in [2.75, 3.05) is 13.2 Å². The number of amides is 1. The number of nitrogens with zero attached hydrogens (tertiary/aromatic N) is 1. The Hall–Kier alpha value is -2.95. The minimum atomic E-state index is -0.466. The summed E-state index contributed by atoms with van der Waals surface area (Å²) in [5, 5.41) is 5.81. The molecule has 1 amide bonds. The van der Waals surface area contributed by atoms with E-state index in [2.05, 4.69) is 33.1 Å². The average Bonchev–Trinajstić information content (AvgIpc) is 3.30. The van der Waals surface area contributed by atoms with Crippen LogP contribution in [0.2, 0.25) is 10.0 Å². The second kappa shape index (κ2) is 12.5. The standard InChI is InChI=1S/C27H23Cl2IN2O5/c1-3-34-19-6-8-23-18(12-19)13-25(37-23)27(33)32-31-14-17-10-22(30)26(24(11-17)35-4-2)36-15-16-5-7-20(28)21(29)9-16/h5-14H,3-4,15H2,1-2H3,(H,32,33)/b31-14+. The molecule has 0 aliphatic heterocycles. The monoisotopic (exact) mass is 652 g/mol. The van der Waals surface area contributed by atoms with Crippen LogP contribution >= 0.6 is 45.8 Å². The highest BCUT2D eigenvalue weighted by Gasteiger charge is 2.14. The van der Waals surface area contributed by atoms with E-state index in [0.29, 0.717) is 52.7 Å². The van der Waals surface area contributed by atoms with Gasteiger partial charge in [0.05, 0.1) is 33.0 Å². The maximum Gasteiger partial charge on any atom is 0.307 e. The van der Waals surface area contributed by atoms with Crippen LogP contribution in [0.25, 0.3) is 11.0 Å². The molecule has 0 aliphatic rings. The number of furan rings is 1. The van der Waals surface area contributed by atoms with E-state index in [9.17, 15) is 4.79 Å². The molecule has 4 rings (SSSR count). The molecular formula is C27H23Cl2IN2O5. The number of hydrogen-bond donors (Lipinski definition) is 1. The minimum absolute atomic E-state index is 0.149. The summed E-state index contributed by atoms with van der Waals surface area (Å²) in [5.41, 5.74) is 4.68. The van der Waals surface area contributed by atoms with Crippen LogP contribution in [0.1, 0.15) is 35.5 Å². The fraction of sp³-hybridized carbons (Fsp3) is 0.185. The number of nitrogens with one attached hydrogen (secondary N) is 1. The molecule has 1 aromatic heterocycles. The van der Waals surface area contributed by atoms with Gasteiger partial charge in [-0.1, -0.05) is 29.3 Å². The largest absolute Gasteiger partial charge is 0.494 e. The highest BCUT2D eigenvalue weighted by atomic mass is 127. The molecule has 0 spiro atoms. The average molecular weight is 653 g/mol. The third-order valence-electron chi connectivity index (χ3n) is 5.10. The van der Waals surface area contributed by atoms with Crippen LogP contribution in [0.4, 0.5) is 0 Å². The number of rotatable bonds is 10. The van der Waals surface area contributed by atoms with Crippen molar-refractivity contribution in [3.8, 4) is 17.2 Å². The Morgan fingerprint density at radius 3 is 2.57 bits per heavy atom. The van der Waals surface area contributed by atoms with Crippen LogP contribution in [0.5, 0.6) is 17.2 Å². The van der Waals surface area contributed by atoms with Gasteiger partial charge in [-0.25, -0.2) is 5.43 Å². The van der Waals surface area contributed by atoms with Gasteiger partial charge in [0.25, 0.3) is 0 Å². The number of benzene rings is 3. The molecule has 10 heteroatoms. The Bertz CT molecular complexity index is 1450. The summed E-state index contributed by atoms with van der Waals surface area (Å²) in [7, 11) is 0. The number of hydrogen-bond acceptors (Lipinski definition) is 6. The van der Waals surface area contributed by atoms with Crippen molar-refractivity contribution in [1.82, 2.24) is 5.43 Å². The van der Waals surface area contributed by atoms with Gasteiger partial charge >= 0.3 is 5.91 Å². The lowest BCUT2D eigenvalue weighted by Crippen LogP contribution is -2.16. The van der Waals surface area contributed by atoms with Gasteiger partial charge in [0.15, 0.2) is 17.3 Å². The van der Waals surface area contributed by atoms with Crippen molar-refractivity contribution in [2.24, 2.45) is 5.10 Å². The molecule has 0 saturated carbocycles. The molecule has 4 aromatic rings. The molecular weight excluding hydrogens is 630 g/mol. The Balaban J connectivity index is 1.45. The lowest BCUT2D eigenvalue weighted by molar-refractivity contribution is 0.0929. The summed E-state index contributed by atoms with van der Waals surface area (Å²) in [6, 6.07) is 16.1. The van der Waals surface area contributed by atoms with Crippen molar-refractivity contribution >= 4 is 68.9 Å². The summed E-state index contributed by atoms with van der Waals surface area (Å²) in [5.74, 6) is 1.56. The molecule has 0 bridgehead atoms. The van der Waals surface area contributed by atoms with E-state index in [-0.39, 0.29) is 5.76 Å². The van der Waals surface area contributed by atoms with Crippen molar-refractivity contribution in [3.63, 3.8) is 0 Å². The number of halogens is 3. The number of ether oxygens (including phenoxy) is 3. The predicted octanol–water partition coefficient (Wildman–Crippen LogP) is 7.48. The fourth-order valence-corrected chi connectivity index (χ4v) is 4.56. The van der Waals surface area contributed by atoms with Gasteiger partial charge in [0.1, 0.15) is 17.9 Å². The van der Waals surface area contributed by atoms with Crippen LogP contribution in [0, 0.1) is 3.57 Å². The zero-order valence-corrected chi connectivity index (χ0v) is 23.7. The van der Waals surface area contributed by atoms with Crippen molar-refractivity contribution < 1.29 is 23.4 Å². The maximum absolute atomic E-state index is 12.6. The Morgan fingerprint density at radius 1 is 1.00 bits per heavy atom. The van der Waals surface area contributed by atoms with E-state index in [1.165, 1.54) is 6.21 Å². The van der Waals surface area contributed by atoms with E-state index in [0.717, 1.165) is 20.1 Å². The fourth-order valence-electron chi connectivity index (χ4n) is 3.46. The first-order chi connectivity index (χ1) is 17.9. The third kappa shape index (κ3) is 6.88. The zero-order chi connectivity index (χ0) is 26.4. The second-order valence-electron chi connectivity index (χ2n) is 7.74. The molecule has 37 heavy (non-hydrogen) atoms. The van der Waals surface area contributed by atoms with Crippen LogP contribution < -0.4 is 19.6 Å².